The van der Waals surface area contributed by atoms with Crippen LogP contribution >= 0.6 is 0 Å². The lowest BCUT2D eigenvalue weighted by Gasteiger charge is -2.66. The van der Waals surface area contributed by atoms with E-state index in [0.717, 1.165) is 44.1 Å². The van der Waals surface area contributed by atoms with Gasteiger partial charge in [0.15, 0.2) is 11.3 Å². The molecule has 8 rings (SSSR count). The number of aromatic nitrogens is 6. The summed E-state index contributed by atoms with van der Waals surface area (Å²) in [5.41, 5.74) is 1.99. The highest BCUT2D eigenvalue weighted by Gasteiger charge is 2.68. The van der Waals surface area contributed by atoms with Crippen LogP contribution in [0, 0.1) is 34.0 Å². The molecular formula is C31H37F2N9O2. The van der Waals surface area contributed by atoms with E-state index in [1.165, 1.54) is 11.0 Å². The maximum atomic E-state index is 14.1. The molecule has 2 bridgehead atoms. The smallest absolute Gasteiger partial charge is 0.274 e. The summed E-state index contributed by atoms with van der Waals surface area (Å²) in [6, 6.07) is 3.55. The predicted molar refractivity (Wildman–Crippen MR) is 153 cm³/mol. The summed E-state index contributed by atoms with van der Waals surface area (Å²) in [5, 5.41) is 28.8. The predicted octanol–water partition coefficient (Wildman–Crippen LogP) is 4.68. The van der Waals surface area contributed by atoms with Gasteiger partial charge < -0.3 is 10.6 Å². The lowest BCUT2D eigenvalue weighted by atomic mass is 9.36. The molecule has 44 heavy (non-hydrogen) atoms. The van der Waals surface area contributed by atoms with E-state index in [9.17, 15) is 23.6 Å². The Kier molecular flexibility index (Phi) is 6.93. The lowest BCUT2D eigenvalue weighted by Crippen LogP contribution is -2.62. The Balaban J connectivity index is 1.11. The molecule has 2 atom stereocenters. The van der Waals surface area contributed by atoms with Crippen LogP contribution in [-0.4, -0.2) is 47.3 Å². The third-order valence-electron chi connectivity index (χ3n) is 10.1. The monoisotopic (exact) mass is 605 g/mol. The molecule has 2 N–H and O–H groups in total. The molecule has 0 saturated heterocycles. The zero-order valence-corrected chi connectivity index (χ0v) is 24.8. The topological polar surface area (TPSA) is 143 Å². The van der Waals surface area contributed by atoms with E-state index in [0.29, 0.717) is 30.2 Å². The van der Waals surface area contributed by atoms with Gasteiger partial charge in [0, 0.05) is 19.3 Å². The van der Waals surface area contributed by atoms with E-state index in [2.05, 4.69) is 32.0 Å². The number of nitrogens with zero attached hydrogens (tertiary/aromatic N) is 7. The Morgan fingerprint density at radius 1 is 1.07 bits per heavy atom. The van der Waals surface area contributed by atoms with Crippen LogP contribution in [0.4, 0.5) is 8.78 Å². The van der Waals surface area contributed by atoms with E-state index in [1.807, 2.05) is 13.0 Å². The molecule has 5 aliphatic carbocycles. The van der Waals surface area contributed by atoms with Crippen LogP contribution in [0.1, 0.15) is 111 Å². The van der Waals surface area contributed by atoms with E-state index >= 15 is 0 Å². The van der Waals surface area contributed by atoms with Crippen molar-refractivity contribution in [3.05, 3.63) is 41.6 Å². The first kappa shape index (κ1) is 28.8. The summed E-state index contributed by atoms with van der Waals surface area (Å²) in [4.78, 5) is 32.2. The van der Waals surface area contributed by atoms with Crippen molar-refractivity contribution in [1.29, 1.82) is 5.26 Å². The Hall–Kier alpha value is -3.95. The number of fused-ring (bicyclic) bond motifs is 1. The number of rotatable bonds is 11. The molecule has 2 amide bonds. The van der Waals surface area contributed by atoms with Crippen molar-refractivity contribution in [2.75, 3.05) is 0 Å². The number of halogens is 2. The molecular weight excluding hydrogens is 568 g/mol. The zero-order valence-electron chi connectivity index (χ0n) is 24.8. The third kappa shape index (κ3) is 5.43. The molecule has 0 aliphatic heterocycles. The quantitative estimate of drug-likeness (QED) is 0.323. The van der Waals surface area contributed by atoms with E-state index < -0.39 is 17.9 Å². The number of hydrogen-bond acceptors (Lipinski definition) is 7. The summed E-state index contributed by atoms with van der Waals surface area (Å²) in [6.07, 6.45) is 10.7. The average Bonchev–Trinajstić information content (AvgIpc) is 3.53. The lowest BCUT2D eigenvalue weighted by molar-refractivity contribution is -0.175. The maximum absolute atomic E-state index is 14.1. The minimum atomic E-state index is -2.71. The van der Waals surface area contributed by atoms with Gasteiger partial charge in [-0.05, 0) is 80.2 Å². The molecule has 0 unspecified atom stereocenters. The van der Waals surface area contributed by atoms with Crippen LogP contribution in [0.3, 0.4) is 0 Å². The van der Waals surface area contributed by atoms with Gasteiger partial charge in [-0.1, -0.05) is 6.92 Å². The first-order valence-electron chi connectivity index (χ1n) is 15.7. The number of alkyl halides is 2. The molecule has 232 valence electrons. The molecule has 5 saturated carbocycles. The van der Waals surface area contributed by atoms with Gasteiger partial charge in [-0.15, -0.1) is 5.10 Å². The minimum Gasteiger partial charge on any atom is -0.349 e. The van der Waals surface area contributed by atoms with Gasteiger partial charge in [-0.25, -0.2) is 18.3 Å². The molecule has 11 nitrogen and oxygen atoms in total. The highest BCUT2D eigenvalue weighted by Crippen LogP contribution is 2.73. The van der Waals surface area contributed by atoms with Crippen molar-refractivity contribution >= 4 is 17.5 Å². The fourth-order valence-corrected chi connectivity index (χ4v) is 7.71. The standard InChI is InChI=1S/C31H37F2N9O2/c1-2-3-25(43)38-26(19-4-5-19)21-10-24-37-23(13-41(24)35-11-21)27(20-6-8-31(32,33)9-7-20)39-28(44)22-12-36-42(40-22)18-30-14-29(15-30,16-30)17-34/h10-13,19-20,26-27H,2-9,14-16,18H2,1H3,(H,38,43)(H,39,44)/t26-,27+,29?,30?/m1/s1. The fourth-order valence-electron chi connectivity index (χ4n) is 7.71. The Morgan fingerprint density at radius 2 is 1.80 bits per heavy atom. The first-order valence-corrected chi connectivity index (χ1v) is 15.7. The molecule has 0 aromatic carbocycles. The molecule has 5 fully saturated rings. The van der Waals surface area contributed by atoms with E-state index in [4.69, 9.17) is 4.98 Å². The van der Waals surface area contributed by atoms with Gasteiger partial charge >= 0.3 is 0 Å². The summed E-state index contributed by atoms with van der Waals surface area (Å²) in [6.45, 7) is 2.53. The van der Waals surface area contributed by atoms with E-state index in [-0.39, 0.29) is 60.1 Å². The average molecular weight is 606 g/mol. The molecule has 3 aromatic heterocycles. The number of imidazole rings is 1. The molecule has 0 radical (unpaired) electrons. The van der Waals surface area contributed by atoms with Gasteiger partial charge in [0.1, 0.15) is 0 Å². The van der Waals surface area contributed by atoms with Crippen LogP contribution in [0.5, 0.6) is 0 Å². The van der Waals surface area contributed by atoms with Crippen LogP contribution in [0.15, 0.2) is 24.7 Å². The van der Waals surface area contributed by atoms with Crippen LogP contribution in [0.25, 0.3) is 5.65 Å². The Morgan fingerprint density at radius 3 is 2.48 bits per heavy atom. The number of hydrogen-bond donors (Lipinski definition) is 2. The van der Waals surface area contributed by atoms with Crippen LogP contribution in [-0.2, 0) is 11.3 Å². The van der Waals surface area contributed by atoms with Crippen LogP contribution < -0.4 is 10.6 Å². The SMILES string of the molecule is CCCC(=O)N[C@@H](c1cnn2cc([C@@H](NC(=O)c3cnn(CC45CC(C#N)(C4)C5)n3)C3CCC(F)(F)CC3)nc2c1)C1CC1. The van der Waals surface area contributed by atoms with Gasteiger partial charge in [0.25, 0.3) is 5.91 Å². The Labute approximate surface area is 253 Å². The summed E-state index contributed by atoms with van der Waals surface area (Å²) in [7, 11) is 0. The summed E-state index contributed by atoms with van der Waals surface area (Å²) in [5.74, 6) is -3.02. The van der Waals surface area contributed by atoms with Crippen molar-refractivity contribution in [1.82, 2.24) is 40.2 Å². The second-order valence-electron chi connectivity index (χ2n) is 13.7. The molecule has 5 aliphatic rings. The highest BCUT2D eigenvalue weighted by atomic mass is 19.3. The van der Waals surface area contributed by atoms with Crippen molar-refractivity contribution in [2.45, 2.75) is 102 Å². The zero-order chi connectivity index (χ0) is 30.7. The molecule has 0 spiro atoms. The fraction of sp³-hybridized carbons (Fsp3) is 0.645. The second kappa shape index (κ2) is 10.6. The minimum absolute atomic E-state index is 0.0115. The first-order chi connectivity index (χ1) is 21.1. The number of carbonyl (C=O) groups is 2. The van der Waals surface area contributed by atoms with Crippen LogP contribution in [0.2, 0.25) is 0 Å². The van der Waals surface area contributed by atoms with Crippen molar-refractivity contribution < 1.29 is 18.4 Å². The van der Waals surface area contributed by atoms with E-state index in [1.54, 1.807) is 16.9 Å². The molecule has 3 aromatic rings. The van der Waals surface area contributed by atoms with Crippen molar-refractivity contribution in [3.63, 3.8) is 0 Å². The third-order valence-corrected chi connectivity index (χ3v) is 10.1. The van der Waals surface area contributed by atoms with Gasteiger partial charge in [-0.2, -0.15) is 20.3 Å². The van der Waals surface area contributed by atoms with Gasteiger partial charge in [-0.3, -0.25) is 9.59 Å². The summed E-state index contributed by atoms with van der Waals surface area (Å²) < 4.78 is 29.8. The van der Waals surface area contributed by atoms with Crippen molar-refractivity contribution in [3.8, 4) is 6.07 Å². The number of carbonyl (C=O) groups excluding carboxylic acids is 2. The van der Waals surface area contributed by atoms with Crippen molar-refractivity contribution in [2.24, 2.45) is 22.7 Å². The summed E-state index contributed by atoms with van der Waals surface area (Å²) >= 11 is 0. The number of amides is 2. The maximum Gasteiger partial charge on any atom is 0.274 e. The normalized spacial score (nSPS) is 27.0. The van der Waals surface area contributed by atoms with Gasteiger partial charge in [0.2, 0.25) is 11.8 Å². The second-order valence-corrected chi connectivity index (χ2v) is 13.7. The number of nitriles is 1. The largest absolute Gasteiger partial charge is 0.349 e. The van der Waals surface area contributed by atoms with Gasteiger partial charge in [0.05, 0.1) is 54.4 Å². The Bertz CT molecular complexity index is 1610. The molecule has 13 heteroatoms. The highest BCUT2D eigenvalue weighted by molar-refractivity contribution is 5.92. The number of nitrogens with one attached hydrogen (secondary N) is 2. The molecule has 3 heterocycles.